The Labute approximate surface area is 118 Å². The molecular weight excluding hydrogens is 226 g/mol. The summed E-state index contributed by atoms with van der Waals surface area (Å²) in [6, 6.07) is 17.9. The van der Waals surface area contributed by atoms with Gasteiger partial charge in [0.2, 0.25) is 0 Å². The number of hydrogen-bond acceptors (Lipinski definition) is 1. The van der Waals surface area contributed by atoms with Crippen LogP contribution in [0, 0.1) is 11.9 Å². The molecule has 88 valence electrons. The van der Waals surface area contributed by atoms with E-state index in [1.54, 1.807) is 0 Å². The predicted octanol–water partition coefficient (Wildman–Crippen LogP) is -0.0564. The van der Waals surface area contributed by atoms with Gasteiger partial charge in [-0.3, -0.25) is 4.79 Å². The molecule has 1 N–H and O–H groups in total. The third-order valence-electron chi connectivity index (χ3n) is 1.88. The van der Waals surface area contributed by atoms with Gasteiger partial charge in [-0.05, 0) is 17.7 Å². The molecule has 2 aromatic rings. The van der Waals surface area contributed by atoms with Crippen LogP contribution in [0.15, 0.2) is 54.6 Å². The van der Waals surface area contributed by atoms with E-state index in [0.717, 1.165) is 0 Å². The quantitative estimate of drug-likeness (QED) is 0.588. The molecule has 18 heavy (non-hydrogen) atoms. The van der Waals surface area contributed by atoms with Crippen molar-refractivity contribution in [2.75, 3.05) is 0 Å². The Kier molecular flexibility index (Phi) is 8.64. The van der Waals surface area contributed by atoms with Gasteiger partial charge in [0, 0.05) is 0 Å². The standard InChI is InChI=1S/C8H7FO2.C6H5.Li/c9-7-3-1-6(2-4-7)5-8(10)11;1-2-4-6-5-3-1;/h1-4H,5H2,(H,10,11);1-5H;/q;-1;+1. The van der Waals surface area contributed by atoms with Crippen LogP contribution < -0.4 is 18.9 Å². The van der Waals surface area contributed by atoms with Gasteiger partial charge in [-0.15, -0.1) is 0 Å². The molecule has 0 heterocycles. The molecule has 0 saturated heterocycles. The summed E-state index contributed by atoms with van der Waals surface area (Å²) >= 11 is 0. The van der Waals surface area contributed by atoms with E-state index >= 15 is 0 Å². The first-order chi connectivity index (χ1) is 8.18. The van der Waals surface area contributed by atoms with Gasteiger partial charge in [-0.2, -0.15) is 36.4 Å². The van der Waals surface area contributed by atoms with Crippen LogP contribution in [0.4, 0.5) is 4.39 Å². The van der Waals surface area contributed by atoms with Gasteiger partial charge in [0.1, 0.15) is 5.82 Å². The van der Waals surface area contributed by atoms with Crippen molar-refractivity contribution in [1.29, 1.82) is 0 Å². The monoisotopic (exact) mass is 238 g/mol. The molecule has 0 aliphatic rings. The van der Waals surface area contributed by atoms with Crippen molar-refractivity contribution < 1.29 is 33.2 Å². The van der Waals surface area contributed by atoms with Gasteiger partial charge in [0.15, 0.2) is 0 Å². The average Bonchev–Trinajstić information content (AvgIpc) is 2.35. The zero-order valence-electron chi connectivity index (χ0n) is 10.1. The van der Waals surface area contributed by atoms with Crippen molar-refractivity contribution in [3.05, 3.63) is 72.0 Å². The minimum Gasteiger partial charge on any atom is -0.481 e. The third-order valence-corrected chi connectivity index (χ3v) is 1.88. The van der Waals surface area contributed by atoms with Crippen LogP contribution in [0.25, 0.3) is 0 Å². The van der Waals surface area contributed by atoms with E-state index in [0.29, 0.717) is 5.56 Å². The molecule has 0 saturated carbocycles. The molecule has 0 amide bonds. The van der Waals surface area contributed by atoms with Crippen molar-refractivity contribution in [3.8, 4) is 0 Å². The van der Waals surface area contributed by atoms with E-state index in [-0.39, 0.29) is 31.1 Å². The maximum absolute atomic E-state index is 12.3. The molecule has 0 radical (unpaired) electrons. The smallest absolute Gasteiger partial charge is 0.481 e. The summed E-state index contributed by atoms with van der Waals surface area (Å²) in [6.07, 6.45) is -0.0553. The van der Waals surface area contributed by atoms with Gasteiger partial charge < -0.3 is 5.11 Å². The molecule has 0 aliphatic heterocycles. The summed E-state index contributed by atoms with van der Waals surface area (Å²) < 4.78 is 12.3. The Morgan fingerprint density at radius 1 is 1.11 bits per heavy atom. The van der Waals surface area contributed by atoms with E-state index < -0.39 is 5.97 Å². The van der Waals surface area contributed by atoms with Crippen LogP contribution in [-0.2, 0) is 11.2 Å². The second-order valence-electron chi connectivity index (χ2n) is 3.27. The zero-order chi connectivity index (χ0) is 12.5. The summed E-state index contributed by atoms with van der Waals surface area (Å²) in [6.45, 7) is 0. The molecule has 0 spiro atoms. The summed E-state index contributed by atoms with van der Waals surface area (Å²) in [5.74, 6) is -1.25. The molecule has 2 rings (SSSR count). The van der Waals surface area contributed by atoms with Crippen molar-refractivity contribution in [1.82, 2.24) is 0 Å². The summed E-state index contributed by atoms with van der Waals surface area (Å²) in [5, 5.41) is 8.34. The molecule has 4 heteroatoms. The minimum absolute atomic E-state index is 0. The summed E-state index contributed by atoms with van der Waals surface area (Å²) in [5.41, 5.74) is 0.610. The van der Waals surface area contributed by atoms with Crippen molar-refractivity contribution in [2.45, 2.75) is 6.42 Å². The van der Waals surface area contributed by atoms with E-state index in [1.165, 1.54) is 24.3 Å². The Hall–Kier alpha value is -1.56. The first-order valence-corrected chi connectivity index (χ1v) is 5.06. The number of rotatable bonds is 2. The van der Waals surface area contributed by atoms with Gasteiger partial charge in [0.05, 0.1) is 6.42 Å². The molecule has 0 fully saturated rings. The molecule has 0 aromatic heterocycles. The zero-order valence-corrected chi connectivity index (χ0v) is 10.1. The van der Waals surface area contributed by atoms with Gasteiger partial charge >= 0.3 is 24.8 Å². The topological polar surface area (TPSA) is 37.3 Å². The van der Waals surface area contributed by atoms with Crippen LogP contribution in [0.2, 0.25) is 0 Å². The van der Waals surface area contributed by atoms with Crippen LogP contribution in [0.5, 0.6) is 0 Å². The first-order valence-electron chi connectivity index (χ1n) is 5.06. The van der Waals surface area contributed by atoms with Crippen molar-refractivity contribution in [2.24, 2.45) is 0 Å². The van der Waals surface area contributed by atoms with E-state index in [1.807, 2.05) is 30.3 Å². The second-order valence-corrected chi connectivity index (χ2v) is 3.27. The fourth-order valence-corrected chi connectivity index (χ4v) is 1.12. The molecule has 0 atom stereocenters. The van der Waals surface area contributed by atoms with Crippen LogP contribution >= 0.6 is 0 Å². The van der Waals surface area contributed by atoms with Crippen molar-refractivity contribution >= 4 is 5.97 Å². The summed E-state index contributed by atoms with van der Waals surface area (Å²) in [4.78, 5) is 10.2. The fourth-order valence-electron chi connectivity index (χ4n) is 1.12. The molecule has 0 unspecified atom stereocenters. The van der Waals surface area contributed by atoms with E-state index in [2.05, 4.69) is 6.07 Å². The number of carboxylic acid groups (broad SMARTS) is 1. The van der Waals surface area contributed by atoms with Gasteiger partial charge in [0.25, 0.3) is 0 Å². The number of benzene rings is 2. The van der Waals surface area contributed by atoms with E-state index in [9.17, 15) is 9.18 Å². The SMILES string of the molecule is O=C(O)Cc1ccc(F)cc1.[Li+].[c-]1ccccc1. The molecule has 0 bridgehead atoms. The average molecular weight is 238 g/mol. The molecule has 2 aromatic carbocycles. The maximum Gasteiger partial charge on any atom is 1.00 e. The number of aliphatic carboxylic acids is 1. The number of carbonyl (C=O) groups is 1. The second kappa shape index (κ2) is 9.47. The minimum atomic E-state index is -0.906. The Morgan fingerprint density at radius 2 is 1.67 bits per heavy atom. The van der Waals surface area contributed by atoms with Gasteiger partial charge in [-0.25, -0.2) is 4.39 Å². The van der Waals surface area contributed by atoms with Gasteiger partial charge in [-0.1, -0.05) is 12.1 Å². The number of halogens is 1. The Balaban J connectivity index is 0.000000352. The maximum atomic E-state index is 12.3. The Bertz CT molecular complexity index is 416. The fraction of sp³-hybridized carbons (Fsp3) is 0.0714. The van der Waals surface area contributed by atoms with E-state index in [4.69, 9.17) is 5.11 Å². The largest absolute Gasteiger partial charge is 1.00 e. The molecular formula is C14H12FLiO2. The molecule has 2 nitrogen and oxygen atoms in total. The predicted molar refractivity (Wildman–Crippen MR) is 63.0 cm³/mol. The Morgan fingerprint density at radius 3 is 2.00 bits per heavy atom. The van der Waals surface area contributed by atoms with Crippen LogP contribution in [0.3, 0.4) is 0 Å². The normalized spacial score (nSPS) is 8.50. The number of carboxylic acids is 1. The third kappa shape index (κ3) is 7.67. The van der Waals surface area contributed by atoms with Crippen LogP contribution in [0.1, 0.15) is 5.56 Å². The summed E-state index contributed by atoms with van der Waals surface area (Å²) in [7, 11) is 0. The van der Waals surface area contributed by atoms with Crippen LogP contribution in [-0.4, -0.2) is 11.1 Å². The van der Waals surface area contributed by atoms with Crippen molar-refractivity contribution in [3.63, 3.8) is 0 Å². The molecule has 0 aliphatic carbocycles. The first kappa shape index (κ1) is 16.4. The number of hydrogen-bond donors (Lipinski definition) is 1.